The second-order valence-corrected chi connectivity index (χ2v) is 5.17. The lowest BCUT2D eigenvalue weighted by Gasteiger charge is -2.19. The number of aliphatic hydroxyl groups excluding tert-OH is 1. The summed E-state index contributed by atoms with van der Waals surface area (Å²) in [7, 11) is 0. The van der Waals surface area contributed by atoms with Crippen molar-refractivity contribution in [3.63, 3.8) is 0 Å². The third-order valence-corrected chi connectivity index (χ3v) is 3.49. The van der Waals surface area contributed by atoms with Crippen molar-refractivity contribution in [2.45, 2.75) is 45.1 Å². The number of aliphatic hydroxyl groups is 1. The number of hydrogen-bond donors (Lipinski definition) is 3. The summed E-state index contributed by atoms with van der Waals surface area (Å²) in [5.74, 6) is 0. The number of urea groups is 1. The summed E-state index contributed by atoms with van der Waals surface area (Å²) >= 11 is 0. The first-order chi connectivity index (χ1) is 9.16. The first-order valence-corrected chi connectivity index (χ1v) is 7.00. The summed E-state index contributed by atoms with van der Waals surface area (Å²) in [6.07, 6.45) is 4.76. The Hall–Kier alpha value is -1.55. The number of nitrogens with one attached hydrogen (secondary N) is 2. The second kappa shape index (κ2) is 6.57. The number of rotatable bonds is 4. The van der Waals surface area contributed by atoms with Crippen molar-refractivity contribution < 1.29 is 9.90 Å². The normalized spacial score (nSPS) is 15.5. The molecule has 1 aliphatic carbocycles. The van der Waals surface area contributed by atoms with Gasteiger partial charge in [-0.2, -0.15) is 0 Å². The fourth-order valence-corrected chi connectivity index (χ4v) is 2.46. The van der Waals surface area contributed by atoms with Gasteiger partial charge in [0.05, 0.1) is 6.10 Å². The second-order valence-electron chi connectivity index (χ2n) is 5.17. The molecule has 4 heteroatoms. The van der Waals surface area contributed by atoms with Crippen LogP contribution in [0.2, 0.25) is 0 Å². The van der Waals surface area contributed by atoms with Crippen molar-refractivity contribution in [2.75, 3.05) is 11.9 Å². The molecule has 1 aromatic carbocycles. The summed E-state index contributed by atoms with van der Waals surface area (Å²) in [4.78, 5) is 11.8. The van der Waals surface area contributed by atoms with Gasteiger partial charge in [0.1, 0.15) is 0 Å². The number of amides is 2. The molecule has 0 radical (unpaired) electrons. The fraction of sp³-hybridized carbons (Fsp3) is 0.533. The molecule has 0 bridgehead atoms. The largest absolute Gasteiger partial charge is 0.393 e. The van der Waals surface area contributed by atoms with Gasteiger partial charge in [-0.05, 0) is 56.2 Å². The number of carbonyl (C=O) groups excluding carboxylic acids is 1. The Labute approximate surface area is 114 Å². The molecular weight excluding hydrogens is 240 g/mol. The summed E-state index contributed by atoms with van der Waals surface area (Å²) in [5, 5.41) is 14.8. The zero-order valence-electron chi connectivity index (χ0n) is 11.4. The number of anilines is 1. The first-order valence-electron chi connectivity index (χ1n) is 7.00. The molecule has 0 fully saturated rings. The van der Waals surface area contributed by atoms with Crippen molar-refractivity contribution in [1.82, 2.24) is 5.32 Å². The fourth-order valence-electron chi connectivity index (χ4n) is 2.46. The quantitative estimate of drug-likeness (QED) is 0.780. The number of aryl methyl sites for hydroxylation is 1. The number of benzene rings is 1. The molecule has 0 heterocycles. The van der Waals surface area contributed by atoms with Gasteiger partial charge in [-0.15, -0.1) is 0 Å². The van der Waals surface area contributed by atoms with E-state index in [-0.39, 0.29) is 12.1 Å². The molecule has 0 spiro atoms. The van der Waals surface area contributed by atoms with Gasteiger partial charge in [0.2, 0.25) is 0 Å². The van der Waals surface area contributed by atoms with E-state index < -0.39 is 0 Å². The van der Waals surface area contributed by atoms with Crippen molar-refractivity contribution in [3.8, 4) is 0 Å². The van der Waals surface area contributed by atoms with Crippen molar-refractivity contribution in [2.24, 2.45) is 0 Å². The van der Waals surface area contributed by atoms with Crippen LogP contribution in [0.4, 0.5) is 10.5 Å². The van der Waals surface area contributed by atoms with Crippen molar-refractivity contribution in [1.29, 1.82) is 0 Å². The maximum atomic E-state index is 11.8. The predicted octanol–water partition coefficient (Wildman–Crippen LogP) is 2.46. The summed E-state index contributed by atoms with van der Waals surface area (Å²) in [6, 6.07) is 5.90. The minimum Gasteiger partial charge on any atom is -0.393 e. The Bertz CT molecular complexity index is 444. The van der Waals surface area contributed by atoms with Crippen LogP contribution in [0.15, 0.2) is 18.2 Å². The van der Waals surface area contributed by atoms with Crippen LogP contribution in [0.1, 0.15) is 37.3 Å². The van der Waals surface area contributed by atoms with Gasteiger partial charge in [-0.3, -0.25) is 0 Å². The maximum Gasteiger partial charge on any atom is 0.319 e. The number of hydrogen-bond acceptors (Lipinski definition) is 2. The van der Waals surface area contributed by atoms with E-state index in [0.29, 0.717) is 13.0 Å². The predicted molar refractivity (Wildman–Crippen MR) is 76.4 cm³/mol. The lowest BCUT2D eigenvalue weighted by Crippen LogP contribution is -2.31. The molecule has 4 nitrogen and oxygen atoms in total. The minimum absolute atomic E-state index is 0.195. The molecule has 2 rings (SSSR count). The highest BCUT2D eigenvalue weighted by Crippen LogP contribution is 2.27. The van der Waals surface area contributed by atoms with Crippen LogP contribution in [0.3, 0.4) is 0 Å². The average molecular weight is 262 g/mol. The van der Waals surface area contributed by atoms with Gasteiger partial charge in [-0.1, -0.05) is 12.1 Å². The molecule has 19 heavy (non-hydrogen) atoms. The first kappa shape index (κ1) is 13.9. The molecule has 0 aliphatic heterocycles. The van der Waals surface area contributed by atoms with Crippen LogP contribution in [0, 0.1) is 0 Å². The molecule has 0 saturated carbocycles. The van der Waals surface area contributed by atoms with Crippen LogP contribution in [0.25, 0.3) is 0 Å². The van der Waals surface area contributed by atoms with E-state index in [1.807, 2.05) is 12.1 Å². The Balaban J connectivity index is 1.93. The summed E-state index contributed by atoms with van der Waals surface area (Å²) in [6.45, 7) is 2.20. The molecule has 1 aromatic rings. The van der Waals surface area contributed by atoms with Crippen LogP contribution in [-0.2, 0) is 12.8 Å². The molecule has 104 valence electrons. The highest BCUT2D eigenvalue weighted by Gasteiger charge is 2.14. The van der Waals surface area contributed by atoms with Crippen LogP contribution < -0.4 is 10.6 Å². The molecule has 2 amide bonds. The summed E-state index contributed by atoms with van der Waals surface area (Å²) in [5.41, 5.74) is 3.55. The lowest BCUT2D eigenvalue weighted by molar-refractivity contribution is 0.184. The van der Waals surface area contributed by atoms with E-state index in [0.717, 1.165) is 18.5 Å². The molecular formula is C15H22N2O2. The zero-order chi connectivity index (χ0) is 13.7. The average Bonchev–Trinajstić information content (AvgIpc) is 2.39. The van der Waals surface area contributed by atoms with E-state index in [1.165, 1.54) is 24.0 Å². The third-order valence-electron chi connectivity index (χ3n) is 3.49. The van der Waals surface area contributed by atoms with Crippen LogP contribution in [0.5, 0.6) is 0 Å². The molecule has 1 aliphatic rings. The molecule has 1 unspecified atom stereocenters. The van der Waals surface area contributed by atoms with Gasteiger partial charge >= 0.3 is 6.03 Å². The molecule has 1 atom stereocenters. The van der Waals surface area contributed by atoms with Crippen LogP contribution >= 0.6 is 0 Å². The van der Waals surface area contributed by atoms with Gasteiger partial charge < -0.3 is 15.7 Å². The smallest absolute Gasteiger partial charge is 0.319 e. The SMILES string of the molecule is CC(O)CCNC(=O)Nc1cccc2c1CCCC2. The van der Waals surface area contributed by atoms with E-state index >= 15 is 0 Å². The highest BCUT2D eigenvalue weighted by atomic mass is 16.3. The highest BCUT2D eigenvalue weighted by molar-refractivity contribution is 5.90. The Morgan fingerprint density at radius 2 is 2.16 bits per heavy atom. The maximum absolute atomic E-state index is 11.8. The van der Waals surface area contributed by atoms with E-state index in [1.54, 1.807) is 6.92 Å². The van der Waals surface area contributed by atoms with Crippen molar-refractivity contribution >= 4 is 11.7 Å². The Morgan fingerprint density at radius 1 is 1.37 bits per heavy atom. The van der Waals surface area contributed by atoms with Crippen LogP contribution in [-0.4, -0.2) is 23.8 Å². The van der Waals surface area contributed by atoms with E-state index in [9.17, 15) is 4.79 Å². The molecule has 0 aromatic heterocycles. The standard InChI is InChI=1S/C15H22N2O2/c1-11(18)9-10-16-15(19)17-14-8-4-6-12-5-2-3-7-13(12)14/h4,6,8,11,18H,2-3,5,7,9-10H2,1H3,(H2,16,17,19). The molecule has 3 N–H and O–H groups in total. The van der Waals surface area contributed by atoms with E-state index in [2.05, 4.69) is 16.7 Å². The van der Waals surface area contributed by atoms with Gasteiger partial charge in [0.15, 0.2) is 0 Å². The van der Waals surface area contributed by atoms with Gasteiger partial charge in [0, 0.05) is 12.2 Å². The topological polar surface area (TPSA) is 61.4 Å². The lowest BCUT2D eigenvalue weighted by atomic mass is 9.90. The monoisotopic (exact) mass is 262 g/mol. The number of carbonyl (C=O) groups is 1. The van der Waals surface area contributed by atoms with Gasteiger partial charge in [0.25, 0.3) is 0 Å². The summed E-state index contributed by atoms with van der Waals surface area (Å²) < 4.78 is 0. The third kappa shape index (κ3) is 3.96. The minimum atomic E-state index is -0.384. The van der Waals surface area contributed by atoms with E-state index in [4.69, 9.17) is 5.11 Å². The Morgan fingerprint density at radius 3 is 2.95 bits per heavy atom. The number of fused-ring (bicyclic) bond motifs is 1. The molecule has 0 saturated heterocycles. The van der Waals surface area contributed by atoms with Crippen molar-refractivity contribution in [3.05, 3.63) is 29.3 Å². The van der Waals surface area contributed by atoms with Gasteiger partial charge in [-0.25, -0.2) is 4.79 Å². The zero-order valence-corrected chi connectivity index (χ0v) is 11.4. The Kier molecular flexibility index (Phi) is 4.80.